The minimum atomic E-state index is 0.0695. The zero-order valence-corrected chi connectivity index (χ0v) is 16.2. The van der Waals surface area contributed by atoms with Crippen LogP contribution in [0.5, 0.6) is 5.75 Å². The lowest BCUT2D eigenvalue weighted by Gasteiger charge is -2.33. The van der Waals surface area contributed by atoms with E-state index >= 15 is 0 Å². The highest BCUT2D eigenvalue weighted by Gasteiger charge is 2.22. The molecule has 1 aliphatic rings. The van der Waals surface area contributed by atoms with Crippen LogP contribution in [0.2, 0.25) is 0 Å². The lowest BCUT2D eigenvalue weighted by molar-refractivity contribution is -0.892. The van der Waals surface area contributed by atoms with Gasteiger partial charge in [-0.25, -0.2) is 0 Å². The summed E-state index contributed by atoms with van der Waals surface area (Å²) in [6.07, 6.45) is 0. The molecule has 0 bridgehead atoms. The van der Waals surface area contributed by atoms with Crippen molar-refractivity contribution in [1.29, 1.82) is 0 Å². The Morgan fingerprint density at radius 1 is 1.00 bits per heavy atom. The number of fused-ring (bicyclic) bond motifs is 1. The van der Waals surface area contributed by atoms with E-state index in [1.165, 1.54) is 16.0 Å². The molecule has 1 amide bonds. The summed E-state index contributed by atoms with van der Waals surface area (Å²) in [6.45, 7) is 4.26. The predicted octanol–water partition coefficient (Wildman–Crippen LogP) is 2.19. The molecule has 3 aromatic rings. The Balaban J connectivity index is 1.30. The average molecular weight is 376 g/mol. The summed E-state index contributed by atoms with van der Waals surface area (Å²) in [7, 11) is 1.69. The van der Waals surface area contributed by atoms with E-state index in [9.17, 15) is 4.79 Å². The summed E-state index contributed by atoms with van der Waals surface area (Å²) in [5.41, 5.74) is 2.04. The summed E-state index contributed by atoms with van der Waals surface area (Å²) in [4.78, 5) is 16.2. The normalized spacial score (nSPS) is 14.8. The van der Waals surface area contributed by atoms with E-state index in [2.05, 4.69) is 34.5 Å². The van der Waals surface area contributed by atoms with Crippen LogP contribution in [0.3, 0.4) is 0 Å². The number of amides is 1. The van der Waals surface area contributed by atoms with Crippen LogP contribution in [-0.2, 0) is 4.79 Å². The Labute approximate surface area is 165 Å². The molecule has 5 nitrogen and oxygen atoms in total. The summed E-state index contributed by atoms with van der Waals surface area (Å²) in [5.74, 6) is 0.946. The van der Waals surface area contributed by atoms with Gasteiger partial charge in [-0.05, 0) is 35.0 Å². The molecule has 0 atom stereocenters. The average Bonchev–Trinajstić information content (AvgIpc) is 2.74. The number of methoxy groups -OCH3 is 1. The fourth-order valence-corrected chi connectivity index (χ4v) is 3.76. The van der Waals surface area contributed by atoms with E-state index in [0.29, 0.717) is 6.54 Å². The van der Waals surface area contributed by atoms with Crippen LogP contribution in [0.25, 0.3) is 10.8 Å². The second kappa shape index (κ2) is 8.31. The Morgan fingerprint density at radius 3 is 2.57 bits per heavy atom. The van der Waals surface area contributed by atoms with Gasteiger partial charge in [-0.3, -0.25) is 4.79 Å². The predicted molar refractivity (Wildman–Crippen MR) is 113 cm³/mol. The van der Waals surface area contributed by atoms with Gasteiger partial charge >= 0.3 is 0 Å². The van der Waals surface area contributed by atoms with Crippen molar-refractivity contribution >= 4 is 28.1 Å². The van der Waals surface area contributed by atoms with Crippen LogP contribution >= 0.6 is 0 Å². The zero-order chi connectivity index (χ0) is 19.3. The maximum Gasteiger partial charge on any atom is 0.279 e. The first-order chi connectivity index (χ1) is 13.7. The van der Waals surface area contributed by atoms with E-state index in [1.54, 1.807) is 7.11 Å². The number of nitrogens with one attached hydrogen (secondary N) is 2. The lowest BCUT2D eigenvalue weighted by Crippen LogP contribution is -3.15. The summed E-state index contributed by atoms with van der Waals surface area (Å²) >= 11 is 0. The van der Waals surface area contributed by atoms with Crippen molar-refractivity contribution in [2.45, 2.75) is 0 Å². The van der Waals surface area contributed by atoms with Crippen molar-refractivity contribution in [3.05, 3.63) is 66.7 Å². The monoisotopic (exact) mass is 376 g/mol. The van der Waals surface area contributed by atoms with Gasteiger partial charge in [-0.15, -0.1) is 0 Å². The SMILES string of the molecule is COc1cccc(N2CC[NH+](CC(=O)Nc3ccc4ccccc4c3)CC2)c1. The van der Waals surface area contributed by atoms with Gasteiger partial charge in [0, 0.05) is 17.4 Å². The van der Waals surface area contributed by atoms with Crippen LogP contribution in [0.15, 0.2) is 66.7 Å². The molecule has 1 fully saturated rings. The summed E-state index contributed by atoms with van der Waals surface area (Å²) in [6, 6.07) is 22.4. The number of benzene rings is 3. The van der Waals surface area contributed by atoms with Crippen molar-refractivity contribution in [3.63, 3.8) is 0 Å². The van der Waals surface area contributed by atoms with E-state index in [0.717, 1.165) is 43.0 Å². The zero-order valence-electron chi connectivity index (χ0n) is 16.2. The minimum absolute atomic E-state index is 0.0695. The van der Waals surface area contributed by atoms with E-state index in [-0.39, 0.29) is 5.91 Å². The van der Waals surface area contributed by atoms with Gasteiger partial charge in [-0.1, -0.05) is 36.4 Å². The number of hydrogen-bond donors (Lipinski definition) is 2. The van der Waals surface area contributed by atoms with Crippen molar-refractivity contribution < 1.29 is 14.4 Å². The van der Waals surface area contributed by atoms with Crippen molar-refractivity contribution in [2.24, 2.45) is 0 Å². The van der Waals surface area contributed by atoms with Crippen LogP contribution in [0.1, 0.15) is 0 Å². The molecule has 28 heavy (non-hydrogen) atoms. The molecular weight excluding hydrogens is 350 g/mol. The van der Waals surface area contributed by atoms with Crippen molar-refractivity contribution in [3.8, 4) is 5.75 Å². The number of nitrogens with zero attached hydrogens (tertiary/aromatic N) is 1. The largest absolute Gasteiger partial charge is 0.497 e. The van der Waals surface area contributed by atoms with Crippen molar-refractivity contribution in [1.82, 2.24) is 0 Å². The minimum Gasteiger partial charge on any atom is -0.497 e. The number of ether oxygens (including phenoxy) is 1. The molecule has 0 aliphatic carbocycles. The first kappa shape index (κ1) is 18.3. The van der Waals surface area contributed by atoms with Gasteiger partial charge in [-0.2, -0.15) is 0 Å². The standard InChI is InChI=1S/C23H25N3O2/c1-28-22-8-4-7-21(16-22)26-13-11-25(12-14-26)17-23(27)24-20-10-9-18-5-2-3-6-19(18)15-20/h2-10,15-16H,11-14,17H2,1H3,(H,24,27)/p+1. The smallest absolute Gasteiger partial charge is 0.279 e. The van der Waals surface area contributed by atoms with Crippen LogP contribution < -0.4 is 19.9 Å². The molecule has 1 heterocycles. The highest BCUT2D eigenvalue weighted by atomic mass is 16.5. The molecule has 5 heteroatoms. The fourth-order valence-electron chi connectivity index (χ4n) is 3.76. The molecule has 0 aromatic heterocycles. The number of rotatable bonds is 5. The van der Waals surface area contributed by atoms with Crippen LogP contribution in [0.4, 0.5) is 11.4 Å². The highest BCUT2D eigenvalue weighted by Crippen LogP contribution is 2.21. The van der Waals surface area contributed by atoms with E-state index in [4.69, 9.17) is 4.74 Å². The molecule has 1 saturated heterocycles. The van der Waals surface area contributed by atoms with Gasteiger partial charge < -0.3 is 19.9 Å². The van der Waals surface area contributed by atoms with Crippen LogP contribution in [-0.4, -0.2) is 45.7 Å². The van der Waals surface area contributed by atoms with Gasteiger partial charge in [0.15, 0.2) is 6.54 Å². The number of anilines is 2. The quantitative estimate of drug-likeness (QED) is 0.718. The number of quaternary nitrogens is 1. The fraction of sp³-hybridized carbons (Fsp3) is 0.261. The van der Waals surface area contributed by atoms with Crippen LogP contribution in [0, 0.1) is 0 Å². The number of carbonyl (C=O) groups excluding carboxylic acids is 1. The Morgan fingerprint density at radius 2 is 1.79 bits per heavy atom. The molecule has 0 unspecified atom stereocenters. The molecule has 1 aliphatic heterocycles. The first-order valence-corrected chi connectivity index (χ1v) is 9.72. The second-order valence-corrected chi connectivity index (χ2v) is 7.23. The molecule has 0 saturated carbocycles. The third kappa shape index (κ3) is 4.26. The summed E-state index contributed by atoms with van der Waals surface area (Å²) in [5, 5.41) is 5.37. The van der Waals surface area contributed by atoms with Gasteiger partial charge in [0.1, 0.15) is 5.75 Å². The summed E-state index contributed by atoms with van der Waals surface area (Å²) < 4.78 is 5.32. The molecule has 2 N–H and O–H groups in total. The molecule has 144 valence electrons. The molecule has 3 aromatic carbocycles. The maximum atomic E-state index is 12.5. The van der Waals surface area contributed by atoms with Gasteiger partial charge in [0.25, 0.3) is 5.91 Å². The topological polar surface area (TPSA) is 46.0 Å². The Kier molecular flexibility index (Phi) is 5.44. The molecular formula is C23H26N3O2+. The maximum absolute atomic E-state index is 12.5. The molecule has 4 rings (SSSR count). The number of carbonyl (C=O) groups is 1. The third-order valence-corrected chi connectivity index (χ3v) is 5.33. The molecule has 0 radical (unpaired) electrons. The Bertz CT molecular complexity index is 965. The van der Waals surface area contributed by atoms with E-state index in [1.807, 2.05) is 42.5 Å². The third-order valence-electron chi connectivity index (χ3n) is 5.33. The van der Waals surface area contributed by atoms with Gasteiger partial charge in [0.05, 0.1) is 33.3 Å². The first-order valence-electron chi connectivity index (χ1n) is 9.72. The molecule has 0 spiro atoms. The number of piperazine rings is 1. The van der Waals surface area contributed by atoms with Crippen molar-refractivity contribution in [2.75, 3.05) is 50.1 Å². The highest BCUT2D eigenvalue weighted by molar-refractivity contribution is 5.94. The second-order valence-electron chi connectivity index (χ2n) is 7.23. The Hall–Kier alpha value is -3.05. The lowest BCUT2D eigenvalue weighted by atomic mass is 10.1. The van der Waals surface area contributed by atoms with Gasteiger partial charge in [0.2, 0.25) is 0 Å². The van der Waals surface area contributed by atoms with E-state index < -0.39 is 0 Å². The number of hydrogen-bond acceptors (Lipinski definition) is 3.